The molecule has 0 aliphatic heterocycles. The van der Waals surface area contributed by atoms with Crippen molar-refractivity contribution >= 4 is 11.7 Å². The lowest BCUT2D eigenvalue weighted by atomic mass is 10.0. The Labute approximate surface area is 130 Å². The Bertz CT molecular complexity index is 665. The smallest absolute Gasteiger partial charge is 0.357 e. The summed E-state index contributed by atoms with van der Waals surface area (Å²) in [6, 6.07) is 18.0. The lowest BCUT2D eigenvalue weighted by Crippen LogP contribution is -2.24. The van der Waals surface area contributed by atoms with Crippen LogP contribution in [0.2, 0.25) is 0 Å². The molecule has 0 aliphatic carbocycles. The third-order valence-electron chi connectivity index (χ3n) is 3.33. The van der Waals surface area contributed by atoms with Gasteiger partial charge in [0, 0.05) is 12.7 Å². The lowest BCUT2D eigenvalue weighted by Gasteiger charge is -2.21. The van der Waals surface area contributed by atoms with Crippen LogP contribution in [0.15, 0.2) is 66.6 Å². The number of ether oxygens (including phenoxy) is 2. The average Bonchev–Trinajstić information content (AvgIpc) is 2.59. The molecule has 2 rings (SSSR count). The van der Waals surface area contributed by atoms with Gasteiger partial charge >= 0.3 is 5.97 Å². The fourth-order valence-corrected chi connectivity index (χ4v) is 2.14. The topological polar surface area (TPSA) is 38.8 Å². The first-order chi connectivity index (χ1) is 10.7. The van der Waals surface area contributed by atoms with Crippen molar-refractivity contribution in [3.8, 4) is 11.1 Å². The highest BCUT2D eigenvalue weighted by Gasteiger charge is 2.17. The van der Waals surface area contributed by atoms with Crippen LogP contribution in [0, 0.1) is 0 Å². The number of nitrogens with zero attached hydrogens (tertiary/aromatic N) is 1. The molecular weight excluding hydrogens is 278 g/mol. The Kier molecular flexibility index (Phi) is 5.20. The van der Waals surface area contributed by atoms with Crippen molar-refractivity contribution in [2.45, 2.75) is 0 Å². The maximum Gasteiger partial charge on any atom is 0.357 e. The molecule has 4 nitrogen and oxygen atoms in total. The third kappa shape index (κ3) is 3.47. The molecule has 4 heteroatoms. The zero-order chi connectivity index (χ0) is 15.9. The molecule has 0 radical (unpaired) electrons. The van der Waals surface area contributed by atoms with Gasteiger partial charge in [0.05, 0.1) is 14.2 Å². The van der Waals surface area contributed by atoms with Gasteiger partial charge in [-0.05, 0) is 23.3 Å². The van der Waals surface area contributed by atoms with Gasteiger partial charge in [0.1, 0.15) is 6.26 Å². The molecule has 0 atom stereocenters. The third-order valence-corrected chi connectivity index (χ3v) is 3.33. The number of methoxy groups -OCH3 is 2. The minimum absolute atomic E-state index is 0.329. The number of benzene rings is 2. The van der Waals surface area contributed by atoms with Crippen molar-refractivity contribution in [1.29, 1.82) is 0 Å². The number of rotatable bonds is 5. The summed E-state index contributed by atoms with van der Waals surface area (Å²) in [5.74, 6) is -0.450. The molecule has 0 saturated heterocycles. The van der Waals surface area contributed by atoms with Crippen molar-refractivity contribution in [3.05, 3.63) is 66.6 Å². The van der Waals surface area contributed by atoms with Gasteiger partial charge in [-0.15, -0.1) is 0 Å². The molecule has 0 heterocycles. The number of carbonyl (C=O) groups is 1. The van der Waals surface area contributed by atoms with Gasteiger partial charge in [0.15, 0.2) is 5.70 Å². The Balaban J connectivity index is 2.36. The second-order valence-corrected chi connectivity index (χ2v) is 4.71. The molecule has 0 bridgehead atoms. The van der Waals surface area contributed by atoms with Crippen molar-refractivity contribution in [1.82, 2.24) is 0 Å². The Morgan fingerprint density at radius 2 is 1.68 bits per heavy atom. The summed E-state index contributed by atoms with van der Waals surface area (Å²) in [5, 5.41) is 0. The minimum Gasteiger partial charge on any atom is -0.502 e. The number of carbonyl (C=O) groups excluding carboxylic acids is 1. The number of esters is 1. The normalized spacial score (nSPS) is 11.0. The Morgan fingerprint density at radius 3 is 2.32 bits per heavy atom. The highest BCUT2D eigenvalue weighted by atomic mass is 16.5. The van der Waals surface area contributed by atoms with Gasteiger partial charge in [-0.25, -0.2) is 4.79 Å². The molecule has 0 spiro atoms. The first kappa shape index (κ1) is 15.6. The number of hydrogen-bond acceptors (Lipinski definition) is 4. The molecule has 0 aliphatic rings. The summed E-state index contributed by atoms with van der Waals surface area (Å²) in [7, 11) is 4.64. The molecule has 22 heavy (non-hydrogen) atoms. The van der Waals surface area contributed by atoms with Crippen LogP contribution < -0.4 is 4.90 Å². The van der Waals surface area contributed by atoms with E-state index >= 15 is 0 Å². The van der Waals surface area contributed by atoms with Crippen LogP contribution in [0.1, 0.15) is 0 Å². The fraction of sp³-hybridized carbons (Fsp3) is 0.167. The van der Waals surface area contributed by atoms with E-state index in [9.17, 15) is 4.79 Å². The highest BCUT2D eigenvalue weighted by Crippen LogP contribution is 2.26. The maximum absolute atomic E-state index is 11.9. The van der Waals surface area contributed by atoms with Crippen LogP contribution in [0.3, 0.4) is 0 Å². The quantitative estimate of drug-likeness (QED) is 0.481. The second-order valence-electron chi connectivity index (χ2n) is 4.71. The zero-order valence-corrected chi connectivity index (χ0v) is 12.9. The fourth-order valence-electron chi connectivity index (χ4n) is 2.14. The summed E-state index contributed by atoms with van der Waals surface area (Å²) in [5.41, 5.74) is 3.39. The molecular formula is C18H19NO3. The predicted molar refractivity (Wildman–Crippen MR) is 87.4 cm³/mol. The standard InChI is InChI=1S/C18H19NO3/c1-19(17(13-21-2)18(20)22-3)16-11-7-10-15(12-16)14-8-5-4-6-9-14/h4-13H,1-3H3. The number of likely N-dealkylation sites (N-methyl/N-ethyl adjacent to an activating group) is 1. The summed E-state index contributed by atoms with van der Waals surface area (Å²) in [6.07, 6.45) is 1.38. The van der Waals surface area contributed by atoms with Gasteiger partial charge in [-0.2, -0.15) is 0 Å². The molecule has 2 aromatic carbocycles. The van der Waals surface area contributed by atoms with Crippen LogP contribution in [0.25, 0.3) is 11.1 Å². The molecule has 0 N–H and O–H groups in total. The average molecular weight is 297 g/mol. The molecule has 0 saturated carbocycles. The lowest BCUT2D eigenvalue weighted by molar-refractivity contribution is -0.136. The highest BCUT2D eigenvalue weighted by molar-refractivity contribution is 5.92. The minimum atomic E-state index is -0.450. The monoisotopic (exact) mass is 297 g/mol. The summed E-state index contributed by atoms with van der Waals surface area (Å²) in [6.45, 7) is 0. The van der Waals surface area contributed by atoms with Gasteiger partial charge in [-0.3, -0.25) is 0 Å². The first-order valence-corrected chi connectivity index (χ1v) is 6.88. The molecule has 0 fully saturated rings. The van der Waals surface area contributed by atoms with Gasteiger partial charge in [0.2, 0.25) is 0 Å². The van der Waals surface area contributed by atoms with Crippen molar-refractivity contribution in [2.24, 2.45) is 0 Å². The maximum atomic E-state index is 11.9. The van der Waals surface area contributed by atoms with Crippen molar-refractivity contribution in [2.75, 3.05) is 26.2 Å². The van der Waals surface area contributed by atoms with E-state index in [0.717, 1.165) is 16.8 Å². The van der Waals surface area contributed by atoms with E-state index in [4.69, 9.17) is 9.47 Å². The second kappa shape index (κ2) is 7.31. The molecule has 0 amide bonds. The number of anilines is 1. The van der Waals surface area contributed by atoms with Crippen molar-refractivity contribution in [3.63, 3.8) is 0 Å². The SMILES string of the molecule is COC=C(C(=O)OC)N(C)c1cccc(-c2ccccc2)c1. The van der Waals surface area contributed by atoms with Crippen molar-refractivity contribution < 1.29 is 14.3 Å². The van der Waals surface area contributed by atoms with E-state index in [1.165, 1.54) is 20.5 Å². The van der Waals surface area contributed by atoms with E-state index in [1.807, 2.05) is 54.6 Å². The predicted octanol–water partition coefficient (Wildman–Crippen LogP) is 3.45. The van der Waals surface area contributed by atoms with E-state index in [-0.39, 0.29) is 0 Å². The summed E-state index contributed by atoms with van der Waals surface area (Å²) < 4.78 is 9.77. The zero-order valence-electron chi connectivity index (χ0n) is 12.9. The summed E-state index contributed by atoms with van der Waals surface area (Å²) in [4.78, 5) is 13.6. The van der Waals surface area contributed by atoms with Crippen LogP contribution >= 0.6 is 0 Å². The largest absolute Gasteiger partial charge is 0.502 e. The van der Waals surface area contributed by atoms with Crippen LogP contribution in [0.5, 0.6) is 0 Å². The van der Waals surface area contributed by atoms with Crippen LogP contribution in [-0.2, 0) is 14.3 Å². The van der Waals surface area contributed by atoms with E-state index in [2.05, 4.69) is 0 Å². The summed E-state index contributed by atoms with van der Waals surface area (Å²) >= 11 is 0. The van der Waals surface area contributed by atoms with Crippen LogP contribution in [-0.4, -0.2) is 27.2 Å². The molecule has 0 aromatic heterocycles. The van der Waals surface area contributed by atoms with Crippen LogP contribution in [0.4, 0.5) is 5.69 Å². The van der Waals surface area contributed by atoms with Gasteiger partial charge < -0.3 is 14.4 Å². The van der Waals surface area contributed by atoms with E-state index in [1.54, 1.807) is 11.9 Å². The molecule has 0 unspecified atom stereocenters. The Hall–Kier alpha value is -2.75. The Morgan fingerprint density at radius 1 is 1.00 bits per heavy atom. The molecule has 2 aromatic rings. The van der Waals surface area contributed by atoms with E-state index in [0.29, 0.717) is 5.70 Å². The number of hydrogen-bond donors (Lipinski definition) is 0. The first-order valence-electron chi connectivity index (χ1n) is 6.88. The van der Waals surface area contributed by atoms with Gasteiger partial charge in [-0.1, -0.05) is 42.5 Å². The van der Waals surface area contributed by atoms with E-state index < -0.39 is 5.97 Å². The molecule has 114 valence electrons. The van der Waals surface area contributed by atoms with Gasteiger partial charge in [0.25, 0.3) is 0 Å².